The quantitative estimate of drug-likeness (QED) is 0.0251. The summed E-state index contributed by atoms with van der Waals surface area (Å²) in [6, 6.07) is 12.9. The molecule has 0 amide bonds. The maximum absolute atomic E-state index is 14.5. The highest BCUT2D eigenvalue weighted by Crippen LogP contribution is 2.55. The first kappa shape index (κ1) is 60.9. The van der Waals surface area contributed by atoms with Crippen molar-refractivity contribution < 1.29 is 119 Å². The Morgan fingerprint density at radius 1 is 0.575 bits per heavy atom. The molecule has 426 valence electrons. The predicted octanol–water partition coefficient (Wildman–Crippen LogP) is 3.30. The Balaban J connectivity index is 1.63. The maximum atomic E-state index is 14.5. The molecule has 0 fully saturated rings. The van der Waals surface area contributed by atoms with Crippen molar-refractivity contribution in [3.05, 3.63) is 108 Å². The lowest BCUT2D eigenvalue weighted by Crippen LogP contribution is -2.37. The number of esters is 11. The molecule has 2 heterocycles. The molecular weight excluding hydrogens is 1060 g/mol. The van der Waals surface area contributed by atoms with Crippen molar-refractivity contribution in [2.75, 3.05) is 76.4 Å². The Kier molecular flexibility index (Phi) is 22.1. The molecule has 0 aromatic heterocycles. The number of hydrogen-bond donors (Lipinski definition) is 0. The second-order valence-electron chi connectivity index (χ2n) is 16.5. The zero-order valence-corrected chi connectivity index (χ0v) is 44.0. The van der Waals surface area contributed by atoms with E-state index in [1.165, 1.54) is 85.7 Å². The summed E-state index contributed by atoms with van der Waals surface area (Å²) < 4.78 is 74.6. The van der Waals surface area contributed by atoms with Gasteiger partial charge in [0, 0.05) is 64.3 Å². The van der Waals surface area contributed by atoms with E-state index in [4.69, 9.17) is 66.3 Å². The number of hydrogen-bond acceptors (Lipinski definition) is 27. The van der Waals surface area contributed by atoms with Gasteiger partial charge in [-0.1, -0.05) is 24.8 Å². The Morgan fingerprint density at radius 3 is 1.56 bits per heavy atom. The number of para-hydroxylation sites is 2. The number of rotatable bonds is 28. The van der Waals surface area contributed by atoms with Gasteiger partial charge in [-0.15, -0.1) is 0 Å². The van der Waals surface area contributed by atoms with Crippen molar-refractivity contribution in [1.82, 2.24) is 0 Å². The number of carbonyl (C=O) groups excluding carboxylic acids is 11. The van der Waals surface area contributed by atoms with Crippen LogP contribution < -0.4 is 28.7 Å². The molecule has 80 heavy (non-hydrogen) atoms. The molecule has 5 rings (SSSR count). The molecule has 0 radical (unpaired) electrons. The second kappa shape index (κ2) is 29.0. The van der Waals surface area contributed by atoms with Crippen LogP contribution in [0.1, 0.15) is 63.0 Å². The largest absolute Gasteiger partial charge is 0.488 e. The number of benzene rings is 3. The van der Waals surface area contributed by atoms with Crippen LogP contribution in [-0.4, -0.2) is 138 Å². The summed E-state index contributed by atoms with van der Waals surface area (Å²) in [6.07, 6.45) is 4.45. The summed E-state index contributed by atoms with van der Waals surface area (Å²) in [7, 11) is 0. The summed E-state index contributed by atoms with van der Waals surface area (Å²) in [5.74, 6) is -9.35. The van der Waals surface area contributed by atoms with Crippen LogP contribution in [0.3, 0.4) is 0 Å². The van der Waals surface area contributed by atoms with E-state index in [0.29, 0.717) is 0 Å². The minimum absolute atomic E-state index is 0.0524. The second-order valence-corrected chi connectivity index (χ2v) is 16.5. The minimum atomic E-state index is -1.95. The highest BCUT2D eigenvalue weighted by molar-refractivity contribution is 5.99. The fraction of sp³-hybridized carbons (Fsp3) is 0.340. The summed E-state index contributed by atoms with van der Waals surface area (Å²) in [5.41, 5.74) is -1.77. The first-order valence-corrected chi connectivity index (χ1v) is 23.7. The van der Waals surface area contributed by atoms with Crippen molar-refractivity contribution in [1.29, 1.82) is 0 Å². The van der Waals surface area contributed by atoms with Crippen molar-refractivity contribution in [2.24, 2.45) is 0 Å². The van der Waals surface area contributed by atoms with Gasteiger partial charge >= 0.3 is 65.7 Å². The van der Waals surface area contributed by atoms with Crippen LogP contribution in [0.2, 0.25) is 0 Å². The van der Waals surface area contributed by atoms with Gasteiger partial charge in [-0.2, -0.15) is 0 Å². The van der Waals surface area contributed by atoms with Crippen LogP contribution in [0.25, 0.3) is 0 Å². The van der Waals surface area contributed by atoms with E-state index in [0.717, 1.165) is 32.6 Å². The highest BCUT2D eigenvalue weighted by atomic mass is 16.7. The van der Waals surface area contributed by atoms with Crippen molar-refractivity contribution >= 4 is 77.0 Å². The van der Waals surface area contributed by atoms with E-state index >= 15 is 0 Å². The van der Waals surface area contributed by atoms with Crippen LogP contribution in [0.15, 0.2) is 91.2 Å². The van der Waals surface area contributed by atoms with Gasteiger partial charge in [0.15, 0.2) is 5.60 Å². The Bertz CT molecular complexity index is 2880. The summed E-state index contributed by atoms with van der Waals surface area (Å²) in [6.45, 7) is 3.66. The van der Waals surface area contributed by atoms with Gasteiger partial charge in [-0.25, -0.2) is 4.79 Å². The molecule has 3 aromatic carbocycles. The summed E-state index contributed by atoms with van der Waals surface area (Å²) in [5, 5.41) is 0. The van der Waals surface area contributed by atoms with E-state index in [-0.39, 0.29) is 63.2 Å². The number of anilines is 2. The molecule has 0 bridgehead atoms. The van der Waals surface area contributed by atoms with E-state index in [2.05, 4.69) is 6.58 Å². The van der Waals surface area contributed by atoms with E-state index < -0.39 is 137 Å². The van der Waals surface area contributed by atoms with E-state index in [9.17, 15) is 52.7 Å². The zero-order chi connectivity index (χ0) is 58.5. The van der Waals surface area contributed by atoms with Crippen LogP contribution >= 0.6 is 0 Å². The highest BCUT2D eigenvalue weighted by Gasteiger charge is 2.53. The molecule has 2 aliphatic heterocycles. The van der Waals surface area contributed by atoms with Crippen molar-refractivity contribution in [2.45, 2.75) is 53.2 Å². The molecule has 0 N–H and O–H groups in total. The van der Waals surface area contributed by atoms with Crippen LogP contribution in [0.5, 0.6) is 23.0 Å². The Labute approximate surface area is 455 Å². The number of carbonyl (C=O) groups is 11. The molecule has 2 unspecified atom stereocenters. The Morgan fingerprint density at radius 2 is 1.07 bits per heavy atom. The smallest absolute Gasteiger partial charge is 0.340 e. The lowest BCUT2D eigenvalue weighted by Gasteiger charge is -2.35. The molecular formula is C53H54N2O25. The van der Waals surface area contributed by atoms with Gasteiger partial charge in [-0.3, -0.25) is 47.9 Å². The predicted molar refractivity (Wildman–Crippen MR) is 267 cm³/mol. The topological polar surface area (TPSA) is 323 Å². The van der Waals surface area contributed by atoms with Crippen molar-refractivity contribution in [3.8, 4) is 23.0 Å². The van der Waals surface area contributed by atoms with E-state index in [1.54, 1.807) is 12.1 Å². The first-order valence-electron chi connectivity index (χ1n) is 23.7. The molecule has 27 heteroatoms. The monoisotopic (exact) mass is 1120 g/mol. The third-order valence-electron chi connectivity index (χ3n) is 10.6. The molecule has 1 spiro atoms. The van der Waals surface area contributed by atoms with Gasteiger partial charge < -0.3 is 76.1 Å². The van der Waals surface area contributed by atoms with Gasteiger partial charge in [0.25, 0.3) is 0 Å². The van der Waals surface area contributed by atoms with Crippen molar-refractivity contribution in [3.63, 3.8) is 0 Å². The molecule has 3 aromatic rings. The molecule has 2 atom stereocenters. The maximum Gasteiger partial charge on any atom is 0.340 e. The number of fused-ring (bicyclic) bond motifs is 4. The lowest BCUT2D eigenvalue weighted by molar-refractivity contribution is -0.167. The summed E-state index contributed by atoms with van der Waals surface area (Å²) >= 11 is 0. The van der Waals surface area contributed by atoms with Gasteiger partial charge in [0.1, 0.15) is 68.5 Å². The first-order chi connectivity index (χ1) is 38.1. The Hall–Kier alpha value is -9.95. The SMILES string of the molecule is C=CC(/C=C\C1=COc2cc(OC(C)=O)ccc2C12OC(=O)c1cc(N(CC(=O)OCOC(C)=O)CC(=O)OCOC(C)=O)c(OCCOc3ccccc3N(CC(=O)OCOC(C)=O)CC(=O)OCOC(C)=O)cc12)OC(C)=O. The third kappa shape index (κ3) is 17.5. The van der Waals surface area contributed by atoms with Crippen LogP contribution in [0.4, 0.5) is 11.4 Å². The average Bonchev–Trinajstić information content (AvgIpc) is 3.93. The lowest BCUT2D eigenvalue weighted by atomic mass is 9.78. The number of nitrogens with zero attached hydrogens (tertiary/aromatic N) is 2. The molecule has 0 saturated carbocycles. The normalized spacial score (nSPS) is 13.9. The summed E-state index contributed by atoms with van der Waals surface area (Å²) in [4.78, 5) is 139. The van der Waals surface area contributed by atoms with Gasteiger partial charge in [-0.05, 0) is 48.6 Å². The zero-order valence-electron chi connectivity index (χ0n) is 44.0. The molecule has 27 nitrogen and oxygen atoms in total. The fourth-order valence-corrected chi connectivity index (χ4v) is 7.37. The average molecular weight is 1120 g/mol. The number of ether oxygens (including phenoxy) is 14. The van der Waals surface area contributed by atoms with Crippen LogP contribution in [0, 0.1) is 0 Å². The third-order valence-corrected chi connectivity index (χ3v) is 10.6. The molecule has 2 aliphatic rings. The fourth-order valence-electron chi connectivity index (χ4n) is 7.37. The van der Waals surface area contributed by atoms with Crippen LogP contribution in [-0.2, 0) is 101 Å². The standard InChI is InChI=1S/C53H54N2O25/c1-8-38(78-35(6)60)14-13-37-26-69-46-19-39(79-36(7)61)15-16-41(46)53(37)42-21-47(44(20-40(42)52(66)80-53)55(24-50(64)76-29-72-33(4)58)25-51(65)77-30-73-34(5)59)68-18-17-67-45-12-10-9-11-43(45)54(22-48(62)74-27-70-31(2)56)23-49(63)75-28-71-32(3)57/h8-16,19-21,26,38H,1,17-18,22-25,27-30H2,2-7H3/b14-13-. The molecule has 0 aliphatic carbocycles. The minimum Gasteiger partial charge on any atom is -0.488 e. The van der Waals surface area contributed by atoms with Gasteiger partial charge in [0.2, 0.25) is 27.2 Å². The van der Waals surface area contributed by atoms with Gasteiger partial charge in [0.05, 0.1) is 23.2 Å². The van der Waals surface area contributed by atoms with E-state index in [1.807, 2.05) is 0 Å². The molecule has 0 saturated heterocycles.